The van der Waals surface area contributed by atoms with Gasteiger partial charge in [0.05, 0.1) is 10.9 Å². The van der Waals surface area contributed by atoms with Crippen molar-refractivity contribution in [3.63, 3.8) is 0 Å². The fourth-order valence-corrected chi connectivity index (χ4v) is 4.65. The van der Waals surface area contributed by atoms with Crippen LogP contribution in [0.25, 0.3) is 0 Å². The lowest BCUT2D eigenvalue weighted by atomic mass is 9.99. The minimum absolute atomic E-state index is 0.158. The standard InChI is InChI=1S/C16H19N3O2S/c17-14-6-3-7-15(11-14)22(20,21)19-10-2-1-8-16(19)13-5-4-9-18-12-13/h3-7,9,11-12,16H,1-2,8,10,17H2/t16-/m0/s1. The Bertz CT molecular complexity index is 747. The van der Waals surface area contributed by atoms with Crippen LogP contribution in [0, 0.1) is 0 Å². The van der Waals surface area contributed by atoms with Gasteiger partial charge >= 0.3 is 0 Å². The number of benzene rings is 1. The molecule has 1 aliphatic heterocycles. The van der Waals surface area contributed by atoms with Gasteiger partial charge in [0.15, 0.2) is 0 Å². The number of pyridine rings is 1. The number of nitrogens with zero attached hydrogens (tertiary/aromatic N) is 2. The molecule has 3 rings (SSSR count). The Morgan fingerprint density at radius 1 is 1.18 bits per heavy atom. The number of piperidine rings is 1. The van der Waals surface area contributed by atoms with Crippen LogP contribution in [0.15, 0.2) is 53.7 Å². The van der Waals surface area contributed by atoms with E-state index in [-0.39, 0.29) is 10.9 Å². The zero-order chi connectivity index (χ0) is 15.6. The second-order valence-corrected chi connectivity index (χ2v) is 7.38. The van der Waals surface area contributed by atoms with Crippen molar-refractivity contribution in [2.75, 3.05) is 12.3 Å². The summed E-state index contributed by atoms with van der Waals surface area (Å²) >= 11 is 0. The normalized spacial score (nSPS) is 19.9. The lowest BCUT2D eigenvalue weighted by molar-refractivity contribution is 0.255. The smallest absolute Gasteiger partial charge is 0.243 e. The minimum Gasteiger partial charge on any atom is -0.399 e. The van der Waals surface area contributed by atoms with Crippen LogP contribution in [0.1, 0.15) is 30.9 Å². The SMILES string of the molecule is Nc1cccc(S(=O)(=O)N2CCCC[C@H]2c2cccnc2)c1. The number of hydrogen-bond acceptors (Lipinski definition) is 4. The van der Waals surface area contributed by atoms with Crippen LogP contribution < -0.4 is 5.73 Å². The van der Waals surface area contributed by atoms with Gasteiger partial charge in [-0.25, -0.2) is 8.42 Å². The molecule has 1 atom stereocenters. The van der Waals surface area contributed by atoms with E-state index in [1.54, 1.807) is 34.9 Å². The number of anilines is 1. The van der Waals surface area contributed by atoms with Crippen molar-refractivity contribution in [2.24, 2.45) is 0 Å². The average molecular weight is 317 g/mol. The molecule has 2 N–H and O–H groups in total. The van der Waals surface area contributed by atoms with Gasteiger partial charge < -0.3 is 5.73 Å². The van der Waals surface area contributed by atoms with Crippen LogP contribution in [0.3, 0.4) is 0 Å². The lowest BCUT2D eigenvalue weighted by Gasteiger charge is -2.34. The first-order chi connectivity index (χ1) is 10.6. The Kier molecular flexibility index (Phi) is 4.13. The summed E-state index contributed by atoms with van der Waals surface area (Å²) in [6, 6.07) is 10.1. The Morgan fingerprint density at radius 2 is 2.05 bits per heavy atom. The van der Waals surface area contributed by atoms with E-state index in [9.17, 15) is 8.42 Å². The van der Waals surface area contributed by atoms with Gasteiger partial charge in [0.1, 0.15) is 0 Å². The molecule has 0 bridgehead atoms. The highest BCUT2D eigenvalue weighted by molar-refractivity contribution is 7.89. The fraction of sp³-hybridized carbons (Fsp3) is 0.312. The molecule has 116 valence electrons. The summed E-state index contributed by atoms with van der Waals surface area (Å²) in [4.78, 5) is 4.37. The van der Waals surface area contributed by atoms with Crippen LogP contribution in [0.5, 0.6) is 0 Å². The Morgan fingerprint density at radius 3 is 2.77 bits per heavy atom. The van der Waals surface area contributed by atoms with Gasteiger partial charge in [-0.3, -0.25) is 4.98 Å². The molecule has 5 nitrogen and oxygen atoms in total. The van der Waals surface area contributed by atoms with Crippen molar-refractivity contribution in [3.05, 3.63) is 54.4 Å². The van der Waals surface area contributed by atoms with Crippen molar-refractivity contribution in [1.29, 1.82) is 0 Å². The van der Waals surface area contributed by atoms with E-state index in [4.69, 9.17) is 5.73 Å². The highest BCUT2D eigenvalue weighted by atomic mass is 32.2. The molecule has 0 spiro atoms. The molecular weight excluding hydrogens is 298 g/mol. The molecule has 0 radical (unpaired) electrons. The summed E-state index contributed by atoms with van der Waals surface area (Å²) in [7, 11) is -3.56. The molecule has 22 heavy (non-hydrogen) atoms. The largest absolute Gasteiger partial charge is 0.399 e. The molecule has 2 aromatic rings. The van der Waals surface area contributed by atoms with Gasteiger partial charge in [0.2, 0.25) is 10.0 Å². The number of nitrogens with two attached hydrogens (primary N) is 1. The Balaban J connectivity index is 2.00. The molecule has 0 aliphatic carbocycles. The average Bonchev–Trinajstić information content (AvgIpc) is 2.56. The zero-order valence-corrected chi connectivity index (χ0v) is 13.0. The summed E-state index contributed by atoms with van der Waals surface area (Å²) in [5, 5.41) is 0. The second kappa shape index (κ2) is 6.06. The summed E-state index contributed by atoms with van der Waals surface area (Å²) in [5.74, 6) is 0. The maximum absolute atomic E-state index is 13.0. The molecule has 1 aliphatic rings. The Labute approximate surface area is 130 Å². The van der Waals surface area contributed by atoms with Gasteiger partial charge in [-0.15, -0.1) is 0 Å². The number of sulfonamides is 1. The second-order valence-electron chi connectivity index (χ2n) is 5.49. The predicted molar refractivity (Wildman–Crippen MR) is 85.6 cm³/mol. The van der Waals surface area contributed by atoms with E-state index in [0.717, 1.165) is 24.8 Å². The summed E-state index contributed by atoms with van der Waals surface area (Å²) in [6.07, 6.45) is 6.15. The molecule has 1 aromatic heterocycles. The van der Waals surface area contributed by atoms with Crippen molar-refractivity contribution >= 4 is 15.7 Å². The third-order valence-corrected chi connectivity index (χ3v) is 5.89. The van der Waals surface area contributed by atoms with E-state index in [2.05, 4.69) is 4.98 Å². The topological polar surface area (TPSA) is 76.3 Å². The van der Waals surface area contributed by atoms with Gasteiger partial charge in [0.25, 0.3) is 0 Å². The van der Waals surface area contributed by atoms with Gasteiger partial charge in [-0.2, -0.15) is 4.31 Å². The van der Waals surface area contributed by atoms with Crippen LogP contribution >= 0.6 is 0 Å². The summed E-state index contributed by atoms with van der Waals surface area (Å²) in [6.45, 7) is 0.524. The molecular formula is C16H19N3O2S. The quantitative estimate of drug-likeness (QED) is 0.883. The van der Waals surface area contributed by atoms with E-state index < -0.39 is 10.0 Å². The van der Waals surface area contributed by atoms with Crippen LogP contribution in [0.2, 0.25) is 0 Å². The van der Waals surface area contributed by atoms with Crippen molar-refractivity contribution in [2.45, 2.75) is 30.2 Å². The maximum atomic E-state index is 13.0. The number of aromatic nitrogens is 1. The Hall–Kier alpha value is -1.92. The molecule has 6 heteroatoms. The van der Waals surface area contributed by atoms with Crippen LogP contribution in [-0.2, 0) is 10.0 Å². The van der Waals surface area contributed by atoms with E-state index in [1.807, 2.05) is 12.1 Å². The summed E-state index contributed by atoms with van der Waals surface area (Å²) in [5.41, 5.74) is 7.13. The molecule has 0 saturated carbocycles. The number of rotatable bonds is 3. The first kappa shape index (κ1) is 15.0. The molecule has 0 amide bonds. The highest BCUT2D eigenvalue weighted by Crippen LogP contribution is 2.35. The van der Waals surface area contributed by atoms with E-state index in [1.165, 1.54) is 6.07 Å². The minimum atomic E-state index is -3.56. The summed E-state index contributed by atoms with van der Waals surface area (Å²) < 4.78 is 27.5. The zero-order valence-electron chi connectivity index (χ0n) is 12.2. The molecule has 1 aromatic carbocycles. The third kappa shape index (κ3) is 2.84. The monoisotopic (exact) mass is 317 g/mol. The molecule has 2 heterocycles. The molecule has 1 saturated heterocycles. The van der Waals surface area contributed by atoms with E-state index >= 15 is 0 Å². The van der Waals surface area contributed by atoms with Gasteiger partial charge in [-0.1, -0.05) is 18.6 Å². The van der Waals surface area contributed by atoms with Crippen molar-refractivity contribution in [1.82, 2.24) is 9.29 Å². The van der Waals surface area contributed by atoms with Crippen LogP contribution in [-0.4, -0.2) is 24.3 Å². The fourth-order valence-electron chi connectivity index (χ4n) is 2.91. The predicted octanol–water partition coefficient (Wildman–Crippen LogP) is 2.58. The first-order valence-corrected chi connectivity index (χ1v) is 8.80. The van der Waals surface area contributed by atoms with Crippen molar-refractivity contribution < 1.29 is 8.42 Å². The molecule has 0 unspecified atom stereocenters. The number of nitrogen functional groups attached to an aromatic ring is 1. The lowest BCUT2D eigenvalue weighted by Crippen LogP contribution is -2.38. The van der Waals surface area contributed by atoms with Gasteiger partial charge in [-0.05, 0) is 42.7 Å². The van der Waals surface area contributed by atoms with Crippen LogP contribution in [0.4, 0.5) is 5.69 Å². The molecule has 1 fully saturated rings. The first-order valence-electron chi connectivity index (χ1n) is 7.36. The van der Waals surface area contributed by atoms with Gasteiger partial charge in [0, 0.05) is 24.6 Å². The van der Waals surface area contributed by atoms with E-state index in [0.29, 0.717) is 12.2 Å². The third-order valence-electron chi connectivity index (χ3n) is 3.99. The number of hydrogen-bond donors (Lipinski definition) is 1. The van der Waals surface area contributed by atoms with Crippen molar-refractivity contribution in [3.8, 4) is 0 Å². The maximum Gasteiger partial charge on any atom is 0.243 e. The highest BCUT2D eigenvalue weighted by Gasteiger charge is 2.34.